The molecule has 136 valence electrons. The number of aryl methyl sites for hydroxylation is 2. The molecule has 0 aliphatic heterocycles. The first-order chi connectivity index (χ1) is 12.2. The Morgan fingerprint density at radius 2 is 1.77 bits per heavy atom. The highest BCUT2D eigenvalue weighted by Gasteiger charge is 2.10. The summed E-state index contributed by atoms with van der Waals surface area (Å²) in [4.78, 5) is 15.7. The fourth-order valence-electron chi connectivity index (χ4n) is 2.79. The van der Waals surface area contributed by atoms with Crippen molar-refractivity contribution in [1.82, 2.24) is 10.3 Å². The molecule has 0 aliphatic carbocycles. The number of carbonyl (C=O) groups is 1. The highest BCUT2D eigenvalue weighted by Crippen LogP contribution is 2.22. The summed E-state index contributed by atoms with van der Waals surface area (Å²) < 4.78 is 24.8. The molecule has 3 aromatic rings. The van der Waals surface area contributed by atoms with Crippen LogP contribution in [0.1, 0.15) is 27.2 Å². The summed E-state index contributed by atoms with van der Waals surface area (Å²) in [6.45, 7) is 4.40. The van der Waals surface area contributed by atoms with Crippen molar-refractivity contribution < 1.29 is 13.2 Å². The van der Waals surface area contributed by atoms with E-state index in [9.17, 15) is 13.2 Å². The number of sulfonamides is 1. The van der Waals surface area contributed by atoms with Gasteiger partial charge in [0, 0.05) is 34.4 Å². The van der Waals surface area contributed by atoms with Crippen LogP contribution in [0.2, 0.25) is 0 Å². The molecule has 7 heteroatoms. The fourth-order valence-corrected chi connectivity index (χ4v) is 3.36. The minimum Gasteiger partial charge on any atom is -0.358 e. The van der Waals surface area contributed by atoms with Crippen LogP contribution in [-0.4, -0.2) is 25.6 Å². The zero-order valence-corrected chi connectivity index (χ0v) is 15.7. The molecule has 26 heavy (non-hydrogen) atoms. The Labute approximate surface area is 152 Å². The smallest absolute Gasteiger partial charge is 0.251 e. The minimum atomic E-state index is -3.29. The fraction of sp³-hybridized carbons (Fsp3) is 0.211. The molecule has 2 aromatic carbocycles. The maximum atomic E-state index is 12.4. The molecule has 0 radical (unpaired) electrons. The Bertz CT molecular complexity index is 1070. The zero-order valence-electron chi connectivity index (χ0n) is 14.9. The molecule has 0 bridgehead atoms. The third-order valence-corrected chi connectivity index (χ3v) is 4.89. The molecule has 1 aromatic heterocycles. The molecule has 1 heterocycles. The van der Waals surface area contributed by atoms with E-state index in [1.54, 1.807) is 30.3 Å². The van der Waals surface area contributed by atoms with Gasteiger partial charge in [-0.25, -0.2) is 8.42 Å². The van der Waals surface area contributed by atoms with Gasteiger partial charge in [-0.05, 0) is 55.3 Å². The Kier molecular flexibility index (Phi) is 4.73. The van der Waals surface area contributed by atoms with E-state index >= 15 is 0 Å². The molecule has 0 aliphatic rings. The summed E-state index contributed by atoms with van der Waals surface area (Å²) in [6, 6.07) is 12.5. The van der Waals surface area contributed by atoms with Gasteiger partial charge in [-0.15, -0.1) is 0 Å². The first-order valence-electron chi connectivity index (χ1n) is 8.17. The summed E-state index contributed by atoms with van der Waals surface area (Å²) in [5, 5.41) is 3.93. The maximum Gasteiger partial charge on any atom is 0.251 e. The first kappa shape index (κ1) is 18.0. The number of amides is 1. The summed E-state index contributed by atoms with van der Waals surface area (Å²) in [7, 11) is -3.29. The van der Waals surface area contributed by atoms with E-state index in [0.717, 1.165) is 34.0 Å². The van der Waals surface area contributed by atoms with Crippen LogP contribution in [0.3, 0.4) is 0 Å². The van der Waals surface area contributed by atoms with Crippen molar-refractivity contribution in [2.24, 2.45) is 0 Å². The predicted octanol–water partition coefficient (Wildman–Crippen LogP) is 3.09. The number of hydrogen-bond acceptors (Lipinski definition) is 3. The molecule has 0 unspecified atom stereocenters. The molecule has 3 N–H and O–H groups in total. The van der Waals surface area contributed by atoms with Gasteiger partial charge in [-0.2, -0.15) is 0 Å². The average molecular weight is 371 g/mol. The van der Waals surface area contributed by atoms with E-state index in [-0.39, 0.29) is 5.91 Å². The Hall–Kier alpha value is -2.80. The average Bonchev–Trinajstić information content (AvgIpc) is 2.86. The van der Waals surface area contributed by atoms with E-state index in [1.165, 1.54) is 0 Å². The van der Waals surface area contributed by atoms with Crippen LogP contribution < -0.4 is 10.0 Å². The van der Waals surface area contributed by atoms with Crippen LogP contribution in [0, 0.1) is 13.8 Å². The SMILES string of the molecule is Cc1[nH]c2ccc(C(=O)NCc3ccc(NS(C)(=O)=O)cc3)cc2c1C. The Morgan fingerprint density at radius 3 is 2.42 bits per heavy atom. The number of H-pyrrole nitrogens is 1. The monoisotopic (exact) mass is 371 g/mol. The van der Waals surface area contributed by atoms with Crippen molar-refractivity contribution in [3.05, 3.63) is 64.8 Å². The summed E-state index contributed by atoms with van der Waals surface area (Å²) in [5.74, 6) is -0.150. The number of aromatic nitrogens is 1. The Balaban J connectivity index is 1.68. The van der Waals surface area contributed by atoms with Gasteiger partial charge in [0.2, 0.25) is 10.0 Å². The zero-order chi connectivity index (χ0) is 18.9. The number of aromatic amines is 1. The van der Waals surface area contributed by atoms with Crippen LogP contribution >= 0.6 is 0 Å². The van der Waals surface area contributed by atoms with Gasteiger partial charge < -0.3 is 10.3 Å². The third kappa shape index (κ3) is 4.05. The number of anilines is 1. The number of rotatable bonds is 5. The largest absolute Gasteiger partial charge is 0.358 e. The van der Waals surface area contributed by atoms with Crippen molar-refractivity contribution >= 4 is 32.5 Å². The van der Waals surface area contributed by atoms with Gasteiger partial charge in [0.25, 0.3) is 5.91 Å². The number of nitrogens with one attached hydrogen (secondary N) is 3. The van der Waals surface area contributed by atoms with Gasteiger partial charge in [-0.3, -0.25) is 9.52 Å². The number of benzene rings is 2. The van der Waals surface area contributed by atoms with Crippen molar-refractivity contribution in [1.29, 1.82) is 0 Å². The highest BCUT2D eigenvalue weighted by molar-refractivity contribution is 7.92. The second kappa shape index (κ2) is 6.84. The molecule has 3 rings (SSSR count). The van der Waals surface area contributed by atoms with Crippen LogP contribution in [0.25, 0.3) is 10.9 Å². The standard InChI is InChI=1S/C19H21N3O3S/c1-12-13(2)21-18-9-6-15(10-17(12)18)19(23)20-11-14-4-7-16(8-5-14)22-26(3,24)25/h4-10,21-22H,11H2,1-3H3,(H,20,23). The highest BCUT2D eigenvalue weighted by atomic mass is 32.2. The van der Waals surface area contributed by atoms with E-state index in [0.29, 0.717) is 17.8 Å². The normalized spacial score (nSPS) is 11.5. The van der Waals surface area contributed by atoms with Crippen molar-refractivity contribution in [2.75, 3.05) is 11.0 Å². The van der Waals surface area contributed by atoms with Crippen LogP contribution in [0.5, 0.6) is 0 Å². The van der Waals surface area contributed by atoms with E-state index in [4.69, 9.17) is 0 Å². The molecule has 1 amide bonds. The van der Waals surface area contributed by atoms with E-state index in [1.807, 2.05) is 26.0 Å². The second-order valence-electron chi connectivity index (χ2n) is 6.39. The second-order valence-corrected chi connectivity index (χ2v) is 8.14. The lowest BCUT2D eigenvalue weighted by molar-refractivity contribution is 0.0951. The molecule has 0 fully saturated rings. The van der Waals surface area contributed by atoms with Crippen molar-refractivity contribution in [3.8, 4) is 0 Å². The lowest BCUT2D eigenvalue weighted by Crippen LogP contribution is -2.22. The van der Waals surface area contributed by atoms with Gasteiger partial charge in [0.15, 0.2) is 0 Å². The molecular weight excluding hydrogens is 350 g/mol. The molecular formula is C19H21N3O3S. The molecule has 0 saturated heterocycles. The van der Waals surface area contributed by atoms with Gasteiger partial charge >= 0.3 is 0 Å². The van der Waals surface area contributed by atoms with Crippen LogP contribution in [0.4, 0.5) is 5.69 Å². The minimum absolute atomic E-state index is 0.150. The molecule has 0 spiro atoms. The van der Waals surface area contributed by atoms with Crippen molar-refractivity contribution in [2.45, 2.75) is 20.4 Å². The number of carbonyl (C=O) groups excluding carboxylic acids is 1. The Morgan fingerprint density at radius 1 is 1.08 bits per heavy atom. The lowest BCUT2D eigenvalue weighted by atomic mass is 10.1. The van der Waals surface area contributed by atoms with Gasteiger partial charge in [-0.1, -0.05) is 12.1 Å². The maximum absolute atomic E-state index is 12.4. The molecule has 6 nitrogen and oxygen atoms in total. The van der Waals surface area contributed by atoms with E-state index in [2.05, 4.69) is 15.0 Å². The van der Waals surface area contributed by atoms with Crippen LogP contribution in [0.15, 0.2) is 42.5 Å². The van der Waals surface area contributed by atoms with Gasteiger partial charge in [0.05, 0.1) is 6.26 Å². The first-order valence-corrected chi connectivity index (χ1v) is 10.1. The predicted molar refractivity (Wildman–Crippen MR) is 104 cm³/mol. The summed E-state index contributed by atoms with van der Waals surface area (Å²) in [6.07, 6.45) is 1.10. The van der Waals surface area contributed by atoms with Crippen molar-refractivity contribution in [3.63, 3.8) is 0 Å². The number of hydrogen-bond donors (Lipinski definition) is 3. The third-order valence-electron chi connectivity index (χ3n) is 4.28. The topological polar surface area (TPSA) is 91.1 Å². The molecule has 0 saturated carbocycles. The van der Waals surface area contributed by atoms with E-state index < -0.39 is 10.0 Å². The summed E-state index contributed by atoms with van der Waals surface area (Å²) in [5.41, 5.74) is 5.24. The summed E-state index contributed by atoms with van der Waals surface area (Å²) >= 11 is 0. The van der Waals surface area contributed by atoms with Crippen LogP contribution in [-0.2, 0) is 16.6 Å². The lowest BCUT2D eigenvalue weighted by Gasteiger charge is -2.08. The molecule has 0 atom stereocenters. The number of fused-ring (bicyclic) bond motifs is 1. The van der Waals surface area contributed by atoms with Gasteiger partial charge in [0.1, 0.15) is 0 Å². The quantitative estimate of drug-likeness (QED) is 0.644.